The number of carbonyl (C=O) groups is 3. The summed E-state index contributed by atoms with van der Waals surface area (Å²) in [6, 6.07) is 10.7. The highest BCUT2D eigenvalue weighted by Crippen LogP contribution is 2.68. The number of piperidine rings is 1. The van der Waals surface area contributed by atoms with Crippen LogP contribution in [0.15, 0.2) is 48.6 Å². The van der Waals surface area contributed by atoms with Crippen molar-refractivity contribution in [1.29, 1.82) is 0 Å². The van der Waals surface area contributed by atoms with Crippen LogP contribution in [0.3, 0.4) is 0 Å². The molecule has 1 spiro atoms. The molecule has 0 unspecified atom stereocenters. The van der Waals surface area contributed by atoms with Gasteiger partial charge >= 0.3 is 17.9 Å². The number of hydroxylamine groups is 3. The number of aromatic nitrogens is 1. The van der Waals surface area contributed by atoms with Gasteiger partial charge in [-0.05, 0) is 55.5 Å². The van der Waals surface area contributed by atoms with Gasteiger partial charge in [-0.3, -0.25) is 14.5 Å². The number of H-pyrrole nitrogens is 1. The second kappa shape index (κ2) is 13.0. The van der Waals surface area contributed by atoms with Crippen molar-refractivity contribution in [3.8, 4) is 5.75 Å². The van der Waals surface area contributed by atoms with E-state index in [9.17, 15) is 19.9 Å². The molecule has 14 nitrogen and oxygen atoms in total. The predicted molar refractivity (Wildman–Crippen MR) is 220 cm³/mol. The molecule has 320 valence electrons. The first-order chi connectivity index (χ1) is 28.7. The van der Waals surface area contributed by atoms with E-state index in [1.807, 2.05) is 61.4 Å². The number of benzene rings is 2. The lowest BCUT2D eigenvalue weighted by molar-refractivity contribution is -0.890. The number of para-hydroxylation sites is 1. The van der Waals surface area contributed by atoms with Crippen LogP contribution in [0.5, 0.6) is 5.75 Å². The third kappa shape index (κ3) is 4.74. The van der Waals surface area contributed by atoms with Crippen LogP contribution in [-0.2, 0) is 50.6 Å². The van der Waals surface area contributed by atoms with Crippen LogP contribution >= 0.6 is 0 Å². The summed E-state index contributed by atoms with van der Waals surface area (Å²) >= 11 is 0. The maximum absolute atomic E-state index is 15.4. The Hall–Kier alpha value is -4.47. The average molecular weight is 825 g/mol. The molecule has 7 aliphatic rings. The van der Waals surface area contributed by atoms with Crippen molar-refractivity contribution in [2.24, 2.45) is 11.3 Å². The van der Waals surface area contributed by atoms with E-state index in [2.05, 4.69) is 22.9 Å². The quantitative estimate of drug-likeness (QED) is 0.0880. The first-order valence-corrected chi connectivity index (χ1v) is 21.5. The second-order valence-electron chi connectivity index (χ2n) is 18.7. The van der Waals surface area contributed by atoms with Gasteiger partial charge in [0.2, 0.25) is 5.60 Å². The highest BCUT2D eigenvalue weighted by molar-refractivity contribution is 5.95. The SMILES string of the molecule is CC[C@]12C[N@+]3([O-])CCc4c([nH]c5ccccc45)[C@](C(=O)OC)(c4cc5c(cc4OC)N(C)[C@@H]4[C@](O)(C(=O)OC)[C@H](OC(C)=O)[C@]6(CC)C=CCN7CC[C@@]54[C@H]76)C[C@@H](C3)[C@H]1O2. The molecule has 14 heteroatoms. The molecule has 3 saturated heterocycles. The number of anilines is 1. The minimum absolute atomic E-state index is 0.207. The molecule has 3 aromatic rings. The van der Waals surface area contributed by atoms with Gasteiger partial charge in [0.25, 0.3) is 0 Å². The first kappa shape index (κ1) is 39.7. The van der Waals surface area contributed by atoms with E-state index in [0.717, 1.165) is 27.7 Å². The highest BCUT2D eigenvalue weighted by Gasteiger charge is 2.80. The van der Waals surface area contributed by atoms with E-state index >= 15 is 4.79 Å². The summed E-state index contributed by atoms with van der Waals surface area (Å²) in [5, 5.41) is 29.2. The van der Waals surface area contributed by atoms with Crippen LogP contribution in [-0.4, -0.2) is 134 Å². The minimum atomic E-state index is -2.32. The van der Waals surface area contributed by atoms with E-state index in [1.54, 1.807) is 7.11 Å². The molecule has 7 heterocycles. The molecular weight excluding hydrogens is 769 g/mol. The summed E-state index contributed by atoms with van der Waals surface area (Å²) < 4.78 is 30.0. The number of hydrogen-bond acceptors (Lipinski definition) is 12. The van der Waals surface area contributed by atoms with Crippen molar-refractivity contribution >= 4 is 34.5 Å². The van der Waals surface area contributed by atoms with Crippen LogP contribution in [0.4, 0.5) is 5.69 Å². The van der Waals surface area contributed by atoms with Gasteiger partial charge < -0.3 is 48.5 Å². The number of carbonyl (C=O) groups excluding carboxylic acids is 3. The van der Waals surface area contributed by atoms with Crippen LogP contribution in [0, 0.1) is 16.5 Å². The van der Waals surface area contributed by atoms with Crippen molar-refractivity contribution in [1.82, 2.24) is 9.88 Å². The number of ether oxygens (including phenoxy) is 5. The Morgan fingerprint density at radius 3 is 2.52 bits per heavy atom. The summed E-state index contributed by atoms with van der Waals surface area (Å²) in [5.41, 5.74) is -1.80. The number of quaternary nitrogens is 1. The number of epoxide rings is 1. The molecule has 4 fully saturated rings. The fourth-order valence-electron chi connectivity index (χ4n) is 14.1. The van der Waals surface area contributed by atoms with Crippen molar-refractivity contribution in [2.75, 3.05) is 66.0 Å². The number of hydrogen-bond donors (Lipinski definition) is 2. The van der Waals surface area contributed by atoms with Crippen molar-refractivity contribution in [2.45, 2.75) is 99.2 Å². The number of nitrogens with zero attached hydrogens (tertiary/aromatic N) is 3. The average Bonchev–Trinajstić information content (AvgIpc) is 3.51. The zero-order valence-corrected chi connectivity index (χ0v) is 35.5. The molecule has 1 aromatic heterocycles. The third-order valence-electron chi connectivity index (χ3n) is 16.3. The topological polar surface area (TPSA) is 166 Å². The lowest BCUT2D eigenvalue weighted by Gasteiger charge is -2.63. The maximum atomic E-state index is 15.4. The molecule has 2 N–H and O–H groups in total. The van der Waals surface area contributed by atoms with Gasteiger partial charge in [0.1, 0.15) is 29.4 Å². The van der Waals surface area contributed by atoms with Gasteiger partial charge in [0.15, 0.2) is 6.10 Å². The normalized spacial score (nSPS) is 39.5. The Labute approximate surface area is 349 Å². The van der Waals surface area contributed by atoms with E-state index in [4.69, 9.17) is 23.7 Å². The van der Waals surface area contributed by atoms with Gasteiger partial charge in [-0.25, -0.2) is 4.79 Å². The Bertz CT molecular complexity index is 2360. The van der Waals surface area contributed by atoms with E-state index in [0.29, 0.717) is 75.4 Å². The van der Waals surface area contributed by atoms with Gasteiger partial charge in [-0.2, -0.15) is 0 Å². The Kier molecular flexibility index (Phi) is 8.61. The molecule has 10 rings (SSSR count). The fourth-order valence-corrected chi connectivity index (χ4v) is 14.1. The number of aromatic amines is 1. The van der Waals surface area contributed by atoms with Gasteiger partial charge in [-0.1, -0.05) is 44.2 Å². The van der Waals surface area contributed by atoms with Gasteiger partial charge in [-0.15, -0.1) is 0 Å². The smallest absolute Gasteiger partial charge is 0.344 e. The minimum Gasteiger partial charge on any atom is -0.633 e. The Balaban J connectivity index is 1.28. The third-order valence-corrected chi connectivity index (χ3v) is 16.3. The lowest BCUT2D eigenvalue weighted by Crippen LogP contribution is -2.81. The fraction of sp³-hybridized carbons (Fsp3) is 0.587. The zero-order valence-electron chi connectivity index (χ0n) is 35.5. The molecule has 1 aliphatic carbocycles. The summed E-state index contributed by atoms with van der Waals surface area (Å²) in [7, 11) is 6.09. The number of fused-ring (bicyclic) bond motifs is 8. The lowest BCUT2D eigenvalue weighted by atomic mass is 9.47. The zero-order chi connectivity index (χ0) is 42.4. The number of esters is 3. The summed E-state index contributed by atoms with van der Waals surface area (Å²) in [5.74, 6) is -1.88. The van der Waals surface area contributed by atoms with Crippen molar-refractivity contribution < 1.29 is 47.8 Å². The Morgan fingerprint density at radius 1 is 1.05 bits per heavy atom. The van der Waals surface area contributed by atoms with Crippen LogP contribution in [0.2, 0.25) is 0 Å². The number of likely N-dealkylation sites (N-methyl/N-ethyl adjacent to an activating group) is 1. The molecule has 0 amide bonds. The number of rotatable bonds is 7. The molecule has 11 atom stereocenters. The molecule has 6 aliphatic heterocycles. The van der Waals surface area contributed by atoms with Crippen molar-refractivity contribution in [3.63, 3.8) is 0 Å². The van der Waals surface area contributed by atoms with Gasteiger partial charge in [0, 0.05) is 83.6 Å². The summed E-state index contributed by atoms with van der Waals surface area (Å²) in [6.45, 7) is 7.64. The van der Waals surface area contributed by atoms with Gasteiger partial charge in [0.05, 0.1) is 40.5 Å². The molecule has 2 bridgehead atoms. The summed E-state index contributed by atoms with van der Waals surface area (Å²) in [6.07, 6.45) is 4.93. The van der Waals surface area contributed by atoms with Crippen LogP contribution in [0.25, 0.3) is 10.9 Å². The number of methoxy groups -OCH3 is 3. The molecule has 0 radical (unpaired) electrons. The number of aliphatic hydroxyl groups is 1. The Morgan fingerprint density at radius 2 is 1.82 bits per heavy atom. The van der Waals surface area contributed by atoms with E-state index in [1.165, 1.54) is 21.1 Å². The molecule has 1 saturated carbocycles. The monoisotopic (exact) mass is 824 g/mol. The maximum Gasteiger partial charge on any atom is 0.344 e. The summed E-state index contributed by atoms with van der Waals surface area (Å²) in [4.78, 5) is 50.9. The molecular formula is C46H56N4O10. The van der Waals surface area contributed by atoms with Crippen LogP contribution in [0.1, 0.15) is 68.8 Å². The van der Waals surface area contributed by atoms with Crippen molar-refractivity contribution in [3.05, 3.63) is 76.1 Å². The van der Waals surface area contributed by atoms with Crippen LogP contribution < -0.4 is 9.64 Å². The number of nitrogens with one attached hydrogen (secondary N) is 1. The predicted octanol–water partition coefficient (Wildman–Crippen LogP) is 4.02. The molecule has 2 aromatic carbocycles. The highest BCUT2D eigenvalue weighted by atomic mass is 16.6. The standard InChI is InChI=1S/C46H56N4O10/c1-8-42-16-12-18-49-19-17-44(37(42)49)30-21-31(34(56-5)22-33(30)48(4)38(44)46(54,41(53)58-7)39(42)59-26(3)51)45(40(52)57-6)23-27-24-50(55,25-43(9-2)36(27)60-43)20-15-29-28-13-10-11-14-32(28)47-35(29)45/h10-14,16,21-22,27,36-39,47,54H,8-9,15,17-20,23-25H2,1-7H3/t27-,36+,37+,38-,39+,42+,43-,44-,45+,46+,50-/m0/s1. The first-order valence-electron chi connectivity index (χ1n) is 21.5. The van der Waals surface area contributed by atoms with E-state index < -0.39 is 62.1 Å². The molecule has 60 heavy (non-hydrogen) atoms. The van der Waals surface area contributed by atoms with E-state index in [-0.39, 0.29) is 24.5 Å². The largest absolute Gasteiger partial charge is 0.633 e. The second-order valence-corrected chi connectivity index (χ2v) is 18.7.